The van der Waals surface area contributed by atoms with E-state index in [9.17, 15) is 13.2 Å². The van der Waals surface area contributed by atoms with Gasteiger partial charge in [-0.25, -0.2) is 8.42 Å². The summed E-state index contributed by atoms with van der Waals surface area (Å²) in [6, 6.07) is 17.3. The highest BCUT2D eigenvalue weighted by Gasteiger charge is 2.37. The Kier molecular flexibility index (Phi) is 7.40. The van der Waals surface area contributed by atoms with Crippen LogP contribution >= 0.6 is 0 Å². The number of benzene rings is 3. The maximum atomic E-state index is 13.6. The molecule has 0 spiro atoms. The number of aryl methyl sites for hydroxylation is 3. The van der Waals surface area contributed by atoms with Gasteiger partial charge in [0.2, 0.25) is 0 Å². The van der Waals surface area contributed by atoms with Gasteiger partial charge in [-0.05, 0) is 79.9 Å². The molecule has 0 bridgehead atoms. The number of hydrogen-bond donors (Lipinski definition) is 1. The fourth-order valence-electron chi connectivity index (χ4n) is 3.91. The van der Waals surface area contributed by atoms with Crippen LogP contribution in [0.4, 0.5) is 5.69 Å². The van der Waals surface area contributed by atoms with Crippen molar-refractivity contribution in [1.82, 2.24) is 5.32 Å². The lowest BCUT2D eigenvalue weighted by atomic mass is 10.1. The molecule has 0 aliphatic carbocycles. The molecule has 1 aliphatic rings. The average Bonchev–Trinajstić information content (AvgIpc) is 2.87. The lowest BCUT2D eigenvalue weighted by Gasteiger charge is -2.35. The van der Waals surface area contributed by atoms with Crippen molar-refractivity contribution in [2.75, 3.05) is 31.1 Å². The number of fused-ring (bicyclic) bond motifs is 1. The van der Waals surface area contributed by atoms with E-state index in [0.717, 1.165) is 22.4 Å². The standard InChI is InChI=1S/C27H30N2O6S/c1-18-6-12-24-23(15-18)29(36(31,32)22-10-8-21(33-4)9-11-22)17-26(35-24)27(30)28-13-14-34-25-16-19(2)5-7-20(25)3/h5-12,15-16,26H,13-14,17H2,1-4H3,(H,28,30)/t26-/m0/s1. The molecule has 0 radical (unpaired) electrons. The average molecular weight is 511 g/mol. The van der Waals surface area contributed by atoms with Crippen molar-refractivity contribution in [3.8, 4) is 17.2 Å². The number of rotatable bonds is 8. The third kappa shape index (κ3) is 5.41. The first-order chi connectivity index (χ1) is 17.2. The third-order valence-electron chi connectivity index (χ3n) is 5.93. The van der Waals surface area contributed by atoms with Crippen molar-refractivity contribution in [3.63, 3.8) is 0 Å². The zero-order valence-electron chi connectivity index (χ0n) is 20.8. The van der Waals surface area contributed by atoms with Crippen molar-refractivity contribution < 1.29 is 27.4 Å². The molecule has 4 rings (SSSR count). The number of hydrogen-bond acceptors (Lipinski definition) is 6. The monoisotopic (exact) mass is 510 g/mol. The highest BCUT2D eigenvalue weighted by atomic mass is 32.2. The third-order valence-corrected chi connectivity index (χ3v) is 7.72. The smallest absolute Gasteiger partial charge is 0.264 e. The van der Waals surface area contributed by atoms with E-state index in [1.54, 1.807) is 24.3 Å². The van der Waals surface area contributed by atoms with Crippen molar-refractivity contribution >= 4 is 21.6 Å². The summed E-state index contributed by atoms with van der Waals surface area (Å²) in [6.45, 7) is 6.17. The summed E-state index contributed by atoms with van der Waals surface area (Å²) in [5.41, 5.74) is 3.36. The van der Waals surface area contributed by atoms with Crippen LogP contribution in [0.15, 0.2) is 65.6 Å². The Balaban J connectivity index is 1.49. The molecule has 0 saturated carbocycles. The van der Waals surface area contributed by atoms with Crippen LogP contribution in [0.5, 0.6) is 17.2 Å². The zero-order valence-corrected chi connectivity index (χ0v) is 21.6. The minimum absolute atomic E-state index is 0.0961. The van der Waals surface area contributed by atoms with Crippen LogP contribution in [0, 0.1) is 20.8 Å². The summed E-state index contributed by atoms with van der Waals surface area (Å²) in [4.78, 5) is 13.1. The molecule has 3 aromatic rings. The first-order valence-electron chi connectivity index (χ1n) is 11.6. The molecule has 0 saturated heterocycles. The Hall–Kier alpha value is -3.72. The minimum Gasteiger partial charge on any atom is -0.497 e. The molecule has 8 nitrogen and oxygen atoms in total. The molecule has 1 heterocycles. The molecule has 1 atom stereocenters. The molecule has 190 valence electrons. The summed E-state index contributed by atoms with van der Waals surface area (Å²) in [7, 11) is -2.45. The van der Waals surface area contributed by atoms with Crippen LogP contribution < -0.4 is 23.8 Å². The lowest BCUT2D eigenvalue weighted by molar-refractivity contribution is -0.127. The van der Waals surface area contributed by atoms with Crippen LogP contribution in [0.25, 0.3) is 0 Å². The Bertz CT molecular complexity index is 1360. The second-order valence-electron chi connectivity index (χ2n) is 8.70. The Labute approximate surface area is 211 Å². The topological polar surface area (TPSA) is 94.2 Å². The SMILES string of the molecule is COc1ccc(S(=O)(=O)N2C[C@@H](C(=O)NCCOc3cc(C)ccc3C)Oc3ccc(C)cc32)cc1. The number of nitrogens with zero attached hydrogens (tertiary/aromatic N) is 1. The number of ether oxygens (including phenoxy) is 3. The molecule has 0 aromatic heterocycles. The van der Waals surface area contributed by atoms with Gasteiger partial charge in [0.1, 0.15) is 23.9 Å². The van der Waals surface area contributed by atoms with E-state index in [2.05, 4.69) is 5.32 Å². The number of anilines is 1. The number of amides is 1. The molecular formula is C27H30N2O6S. The summed E-state index contributed by atoms with van der Waals surface area (Å²) >= 11 is 0. The number of carbonyl (C=O) groups excluding carboxylic acids is 1. The van der Waals surface area contributed by atoms with Gasteiger partial charge in [0.05, 0.1) is 30.8 Å². The highest BCUT2D eigenvalue weighted by molar-refractivity contribution is 7.92. The van der Waals surface area contributed by atoms with Crippen molar-refractivity contribution in [2.45, 2.75) is 31.8 Å². The van der Waals surface area contributed by atoms with Gasteiger partial charge >= 0.3 is 0 Å². The molecule has 0 fully saturated rings. The van der Waals surface area contributed by atoms with Crippen molar-refractivity contribution in [3.05, 3.63) is 77.4 Å². The predicted octanol–water partition coefficient (Wildman–Crippen LogP) is 3.77. The first-order valence-corrected chi connectivity index (χ1v) is 13.0. The van der Waals surface area contributed by atoms with Gasteiger partial charge in [-0.1, -0.05) is 18.2 Å². The fourth-order valence-corrected chi connectivity index (χ4v) is 5.38. The minimum atomic E-state index is -3.96. The van der Waals surface area contributed by atoms with Crippen LogP contribution in [0.2, 0.25) is 0 Å². The number of methoxy groups -OCH3 is 1. The summed E-state index contributed by atoms with van der Waals surface area (Å²) < 4.78 is 45.3. The molecule has 1 N–H and O–H groups in total. The van der Waals surface area contributed by atoms with Gasteiger partial charge in [-0.15, -0.1) is 0 Å². The van der Waals surface area contributed by atoms with Crippen LogP contribution in [-0.4, -0.2) is 47.2 Å². The van der Waals surface area contributed by atoms with Crippen LogP contribution in [0.1, 0.15) is 16.7 Å². The molecule has 1 aliphatic heterocycles. The van der Waals surface area contributed by atoms with Crippen molar-refractivity contribution in [2.24, 2.45) is 0 Å². The fraction of sp³-hybridized carbons (Fsp3) is 0.296. The Morgan fingerprint density at radius 1 is 1.03 bits per heavy atom. The van der Waals surface area contributed by atoms with Gasteiger partial charge in [0.15, 0.2) is 6.10 Å². The number of sulfonamides is 1. The maximum absolute atomic E-state index is 13.6. The van der Waals surface area contributed by atoms with E-state index in [1.165, 1.54) is 23.5 Å². The van der Waals surface area contributed by atoms with E-state index in [1.807, 2.05) is 45.0 Å². The van der Waals surface area contributed by atoms with Gasteiger partial charge in [-0.3, -0.25) is 9.10 Å². The predicted molar refractivity (Wildman–Crippen MR) is 138 cm³/mol. The largest absolute Gasteiger partial charge is 0.497 e. The second-order valence-corrected chi connectivity index (χ2v) is 10.6. The van der Waals surface area contributed by atoms with Gasteiger partial charge in [-0.2, -0.15) is 0 Å². The molecule has 1 amide bonds. The summed E-state index contributed by atoms with van der Waals surface area (Å²) in [5, 5.41) is 2.80. The van der Waals surface area contributed by atoms with Crippen molar-refractivity contribution in [1.29, 1.82) is 0 Å². The lowest BCUT2D eigenvalue weighted by Crippen LogP contribution is -2.51. The number of nitrogens with one attached hydrogen (secondary N) is 1. The normalized spacial score (nSPS) is 15.0. The quantitative estimate of drug-likeness (QED) is 0.464. The van der Waals surface area contributed by atoms with E-state index in [-0.39, 0.29) is 24.6 Å². The molecule has 36 heavy (non-hydrogen) atoms. The van der Waals surface area contributed by atoms with Crippen LogP contribution in [0.3, 0.4) is 0 Å². The number of carbonyl (C=O) groups is 1. The Morgan fingerprint density at radius 3 is 2.44 bits per heavy atom. The van der Waals surface area contributed by atoms with E-state index < -0.39 is 22.0 Å². The van der Waals surface area contributed by atoms with E-state index in [4.69, 9.17) is 14.2 Å². The van der Waals surface area contributed by atoms with E-state index >= 15 is 0 Å². The van der Waals surface area contributed by atoms with Crippen LogP contribution in [-0.2, 0) is 14.8 Å². The molecule has 9 heteroatoms. The second kappa shape index (κ2) is 10.5. The zero-order chi connectivity index (χ0) is 25.9. The highest BCUT2D eigenvalue weighted by Crippen LogP contribution is 2.38. The van der Waals surface area contributed by atoms with Gasteiger partial charge < -0.3 is 19.5 Å². The summed E-state index contributed by atoms with van der Waals surface area (Å²) in [5.74, 6) is 1.23. The summed E-state index contributed by atoms with van der Waals surface area (Å²) in [6.07, 6.45) is -1.02. The van der Waals surface area contributed by atoms with Gasteiger partial charge in [0, 0.05) is 0 Å². The molecule has 3 aromatic carbocycles. The molecular weight excluding hydrogens is 480 g/mol. The Morgan fingerprint density at radius 2 is 1.72 bits per heavy atom. The van der Waals surface area contributed by atoms with Gasteiger partial charge in [0.25, 0.3) is 15.9 Å². The molecule has 0 unspecified atom stereocenters. The maximum Gasteiger partial charge on any atom is 0.264 e. The van der Waals surface area contributed by atoms with E-state index in [0.29, 0.717) is 17.2 Å². The first kappa shape index (κ1) is 25.4.